The average molecular weight is 462 g/mol. The fraction of sp³-hybridized carbons (Fsp3) is 0.292. The number of nitrogens with zero attached hydrogens (tertiary/aromatic N) is 3. The van der Waals surface area contributed by atoms with Gasteiger partial charge in [-0.05, 0) is 52.3 Å². The molecule has 10 nitrogen and oxygen atoms in total. The number of aromatic nitrogens is 2. The van der Waals surface area contributed by atoms with E-state index in [0.717, 1.165) is 22.3 Å². The number of hydrogen-bond acceptors (Lipinski definition) is 7. The van der Waals surface area contributed by atoms with Gasteiger partial charge in [0.25, 0.3) is 5.91 Å². The third-order valence-electron chi connectivity index (χ3n) is 6.20. The van der Waals surface area contributed by atoms with Crippen molar-refractivity contribution in [1.29, 1.82) is 0 Å². The highest BCUT2D eigenvalue weighted by Gasteiger charge is 2.41. The molecule has 34 heavy (non-hydrogen) atoms. The Morgan fingerprint density at radius 2 is 1.71 bits per heavy atom. The van der Waals surface area contributed by atoms with E-state index >= 15 is 0 Å². The second-order valence-electron chi connectivity index (χ2n) is 8.37. The molecule has 0 saturated heterocycles. The molecule has 5 rings (SSSR count). The minimum absolute atomic E-state index is 0.0820. The molecule has 174 valence electrons. The Bertz CT molecular complexity index is 1220. The van der Waals surface area contributed by atoms with Crippen LogP contribution in [0.1, 0.15) is 47.3 Å². The molecule has 10 heteroatoms. The summed E-state index contributed by atoms with van der Waals surface area (Å²) in [5, 5.41) is 19.0. The zero-order valence-electron chi connectivity index (χ0n) is 18.3. The fourth-order valence-electron chi connectivity index (χ4n) is 4.39. The van der Waals surface area contributed by atoms with Crippen molar-refractivity contribution in [2.75, 3.05) is 11.9 Å². The maximum Gasteiger partial charge on any atom is 0.412 e. The number of hydrogen-bond donors (Lipinski definition) is 2. The third kappa shape index (κ3) is 3.87. The van der Waals surface area contributed by atoms with Crippen LogP contribution in [-0.2, 0) is 9.53 Å². The molecule has 1 unspecified atom stereocenters. The summed E-state index contributed by atoms with van der Waals surface area (Å²) in [5.74, 6) is -2.16. The van der Waals surface area contributed by atoms with Crippen molar-refractivity contribution in [3.63, 3.8) is 0 Å². The van der Waals surface area contributed by atoms with E-state index in [9.17, 15) is 19.5 Å². The van der Waals surface area contributed by atoms with E-state index < -0.39 is 24.0 Å². The highest BCUT2D eigenvalue weighted by atomic mass is 16.6. The first-order chi connectivity index (χ1) is 16.5. The van der Waals surface area contributed by atoms with Gasteiger partial charge < -0.3 is 14.7 Å². The number of carbonyl (C=O) groups excluding carboxylic acids is 2. The first-order valence-corrected chi connectivity index (χ1v) is 11.0. The van der Waals surface area contributed by atoms with Crippen molar-refractivity contribution in [2.45, 2.75) is 37.8 Å². The zero-order valence-corrected chi connectivity index (χ0v) is 18.3. The second kappa shape index (κ2) is 8.62. The fourth-order valence-corrected chi connectivity index (χ4v) is 4.39. The van der Waals surface area contributed by atoms with Gasteiger partial charge in [0.15, 0.2) is 0 Å². The molecule has 0 bridgehead atoms. The summed E-state index contributed by atoms with van der Waals surface area (Å²) in [6.07, 6.45) is 0.573. The van der Waals surface area contributed by atoms with E-state index in [-0.39, 0.29) is 30.1 Å². The van der Waals surface area contributed by atoms with E-state index in [1.807, 2.05) is 48.5 Å². The molecule has 2 amide bonds. The van der Waals surface area contributed by atoms with Gasteiger partial charge in [0.05, 0.1) is 0 Å². The number of anilines is 1. The number of rotatable bonds is 7. The minimum Gasteiger partial charge on any atom is -0.480 e. The van der Waals surface area contributed by atoms with Crippen molar-refractivity contribution in [3.8, 4) is 11.1 Å². The number of nitrogens with one attached hydrogen (secondary N) is 1. The molecule has 1 heterocycles. The minimum atomic E-state index is -1.14. The Balaban J connectivity index is 1.29. The van der Waals surface area contributed by atoms with E-state index in [1.54, 1.807) is 0 Å². The van der Waals surface area contributed by atoms with Crippen LogP contribution >= 0.6 is 0 Å². The molecule has 0 radical (unpaired) electrons. The monoisotopic (exact) mass is 462 g/mol. The predicted octanol–water partition coefficient (Wildman–Crippen LogP) is 3.51. The number of ether oxygens (including phenoxy) is 1. The van der Waals surface area contributed by atoms with Crippen molar-refractivity contribution in [1.82, 2.24) is 15.2 Å². The van der Waals surface area contributed by atoms with E-state index in [2.05, 4.69) is 20.3 Å². The van der Waals surface area contributed by atoms with Crippen LogP contribution in [-0.4, -0.2) is 57.0 Å². The van der Waals surface area contributed by atoms with Crippen molar-refractivity contribution < 1.29 is 28.9 Å². The lowest BCUT2D eigenvalue weighted by Crippen LogP contribution is -2.45. The summed E-state index contributed by atoms with van der Waals surface area (Å²) < 4.78 is 10.1. The van der Waals surface area contributed by atoms with Gasteiger partial charge in [-0.1, -0.05) is 48.5 Å². The molecule has 2 aliphatic carbocycles. The standard InChI is InChI=1S/C24H22N4O6/c1-13(23(30)31)28(14-10-11-14)22(29)20-21(27-34-26-20)25-24(32)33-12-19-17-8-4-2-6-15(17)16-7-3-5-9-18(16)19/h2-9,13-14,19H,10-12H2,1H3,(H,30,31)(H,25,27,32). The number of carbonyl (C=O) groups is 3. The third-order valence-corrected chi connectivity index (χ3v) is 6.20. The van der Waals surface area contributed by atoms with E-state index in [1.165, 1.54) is 11.8 Å². The first kappa shape index (κ1) is 21.6. The quantitative estimate of drug-likeness (QED) is 0.545. The van der Waals surface area contributed by atoms with Crippen LogP contribution in [0, 0.1) is 0 Å². The molecule has 2 aliphatic rings. The predicted molar refractivity (Wildman–Crippen MR) is 119 cm³/mol. The highest BCUT2D eigenvalue weighted by Crippen LogP contribution is 2.44. The molecular formula is C24H22N4O6. The van der Waals surface area contributed by atoms with Gasteiger partial charge in [0, 0.05) is 12.0 Å². The van der Waals surface area contributed by atoms with Crippen LogP contribution in [0.3, 0.4) is 0 Å². The summed E-state index contributed by atoms with van der Waals surface area (Å²) in [7, 11) is 0. The molecule has 2 N–H and O–H groups in total. The molecular weight excluding hydrogens is 440 g/mol. The van der Waals surface area contributed by atoms with Crippen LogP contribution in [0.25, 0.3) is 11.1 Å². The van der Waals surface area contributed by atoms with Gasteiger partial charge in [0.2, 0.25) is 11.5 Å². The number of benzene rings is 2. The molecule has 1 fully saturated rings. The lowest BCUT2D eigenvalue weighted by Gasteiger charge is -2.25. The Morgan fingerprint density at radius 1 is 1.09 bits per heavy atom. The number of fused-ring (bicyclic) bond motifs is 3. The second-order valence-corrected chi connectivity index (χ2v) is 8.37. The van der Waals surface area contributed by atoms with Gasteiger partial charge in [-0.2, -0.15) is 0 Å². The number of carboxylic acids is 1. The van der Waals surface area contributed by atoms with Crippen molar-refractivity contribution in [2.24, 2.45) is 0 Å². The van der Waals surface area contributed by atoms with Crippen LogP contribution in [0.5, 0.6) is 0 Å². The maximum absolute atomic E-state index is 13.0. The number of carboxylic acid groups (broad SMARTS) is 1. The Morgan fingerprint density at radius 3 is 2.29 bits per heavy atom. The van der Waals surface area contributed by atoms with Gasteiger partial charge >= 0.3 is 12.1 Å². The molecule has 1 aromatic heterocycles. The van der Waals surface area contributed by atoms with E-state index in [0.29, 0.717) is 12.8 Å². The summed E-state index contributed by atoms with van der Waals surface area (Å²) in [6.45, 7) is 1.50. The summed E-state index contributed by atoms with van der Waals surface area (Å²) in [5.41, 5.74) is 4.08. The topological polar surface area (TPSA) is 135 Å². The maximum atomic E-state index is 13.0. The number of amides is 2. The van der Waals surface area contributed by atoms with Gasteiger partial charge in [0.1, 0.15) is 12.6 Å². The number of aliphatic carboxylic acids is 1. The average Bonchev–Trinajstić information content (AvgIpc) is 3.47. The Kier molecular flexibility index (Phi) is 5.48. The zero-order chi connectivity index (χ0) is 23.8. The van der Waals surface area contributed by atoms with Crippen LogP contribution < -0.4 is 5.32 Å². The molecule has 1 saturated carbocycles. The van der Waals surface area contributed by atoms with Crippen LogP contribution in [0.2, 0.25) is 0 Å². The molecule has 1 atom stereocenters. The molecule has 0 spiro atoms. The molecule has 2 aromatic carbocycles. The smallest absolute Gasteiger partial charge is 0.412 e. The Labute approximate surface area is 194 Å². The summed E-state index contributed by atoms with van der Waals surface area (Å²) >= 11 is 0. The van der Waals surface area contributed by atoms with Crippen molar-refractivity contribution in [3.05, 3.63) is 65.4 Å². The van der Waals surface area contributed by atoms with Gasteiger partial charge in [-0.25, -0.2) is 14.2 Å². The lowest BCUT2D eigenvalue weighted by molar-refractivity contribution is -0.141. The molecule has 3 aromatic rings. The lowest BCUT2D eigenvalue weighted by atomic mass is 9.98. The van der Waals surface area contributed by atoms with E-state index in [4.69, 9.17) is 4.74 Å². The summed E-state index contributed by atoms with van der Waals surface area (Å²) in [4.78, 5) is 38.2. The van der Waals surface area contributed by atoms with Crippen LogP contribution in [0.15, 0.2) is 53.2 Å². The van der Waals surface area contributed by atoms with Crippen molar-refractivity contribution >= 4 is 23.8 Å². The Hall–Kier alpha value is -4.21. The highest BCUT2D eigenvalue weighted by molar-refractivity contribution is 6.01. The van der Waals surface area contributed by atoms with Crippen LogP contribution in [0.4, 0.5) is 10.6 Å². The SMILES string of the molecule is CC(C(=O)O)N(C(=O)c1nonc1NC(=O)OCC1c2ccccc2-c2ccccc21)C1CC1. The van der Waals surface area contributed by atoms with Gasteiger partial charge in [-0.3, -0.25) is 10.1 Å². The largest absolute Gasteiger partial charge is 0.480 e. The normalized spacial score (nSPS) is 15.2. The summed E-state index contributed by atoms with van der Waals surface area (Å²) in [6, 6.07) is 14.7. The first-order valence-electron chi connectivity index (χ1n) is 11.0. The van der Waals surface area contributed by atoms with Gasteiger partial charge in [-0.15, -0.1) is 0 Å². The molecule has 0 aliphatic heterocycles.